The number of nitrogens with zero attached hydrogens (tertiary/aromatic N) is 1. The molecule has 0 radical (unpaired) electrons. The second-order valence-electron chi connectivity index (χ2n) is 7.18. The lowest BCUT2D eigenvalue weighted by molar-refractivity contribution is -0.199. The van der Waals surface area contributed by atoms with E-state index in [0.29, 0.717) is 29.3 Å². The highest BCUT2D eigenvalue weighted by Crippen LogP contribution is 2.37. The third kappa shape index (κ3) is 6.83. The van der Waals surface area contributed by atoms with Crippen molar-refractivity contribution in [2.24, 2.45) is 0 Å². The van der Waals surface area contributed by atoms with Crippen LogP contribution in [0.4, 0.5) is 0 Å². The van der Waals surface area contributed by atoms with E-state index in [9.17, 15) is 24.3 Å². The number of imide groups is 1. The number of phenolic OH excluding ortho intramolecular Hbond substituents is 1. The minimum atomic E-state index is -1.10. The molecule has 3 rings (SSSR count). The fourth-order valence-corrected chi connectivity index (χ4v) is 6.86. The number of rotatable bonds is 7. The van der Waals surface area contributed by atoms with Crippen LogP contribution in [0.3, 0.4) is 0 Å². The fourth-order valence-electron chi connectivity index (χ4n) is 3.03. The maximum atomic E-state index is 12.7. The predicted molar refractivity (Wildman–Crippen MR) is 154 cm³/mol. The van der Waals surface area contributed by atoms with Gasteiger partial charge in [0.15, 0.2) is 5.75 Å². The Balaban J connectivity index is 1.81. The molecule has 1 aliphatic rings. The Kier molecular flexibility index (Phi) is 9.63. The van der Waals surface area contributed by atoms with Crippen LogP contribution in [0.5, 0.6) is 17.2 Å². The molecule has 3 amide bonds. The highest BCUT2D eigenvalue weighted by atomic mass is 127. The van der Waals surface area contributed by atoms with E-state index in [-0.39, 0.29) is 25.0 Å². The van der Waals surface area contributed by atoms with E-state index in [1.165, 1.54) is 6.92 Å². The van der Waals surface area contributed by atoms with Gasteiger partial charge >= 0.3 is 5.97 Å². The first kappa shape index (κ1) is 27.6. The Bertz CT molecular complexity index is 1130. The topological polar surface area (TPSA) is 122 Å². The average Bonchev–Trinajstić information content (AvgIpc) is 3.05. The van der Waals surface area contributed by atoms with E-state index < -0.39 is 29.7 Å². The van der Waals surface area contributed by atoms with Gasteiger partial charge in [-0.1, -0.05) is 0 Å². The quantitative estimate of drug-likeness (QED) is 0.315. The van der Waals surface area contributed by atoms with Crippen LogP contribution in [0.2, 0.25) is 0 Å². The standard InChI is InChI=1S/C21H16I4N2O7/c1-9(28)26-16(21(32)34-27-17(29)2-3-18(27)30)6-10-4-14(24)20(15(25)5-10)33-11-7-12(22)19(31)13(23)8-11/h4-5,7-8,16,31H,2-3,6H2,1H3,(H,26,28). The molecule has 1 aliphatic heterocycles. The molecule has 1 atom stereocenters. The minimum absolute atomic E-state index is 0.0199. The number of hydroxylamine groups is 2. The van der Waals surface area contributed by atoms with E-state index in [1.807, 2.05) is 57.3 Å². The van der Waals surface area contributed by atoms with Crippen LogP contribution in [-0.4, -0.2) is 39.9 Å². The number of amides is 3. The van der Waals surface area contributed by atoms with Crippen LogP contribution in [-0.2, 0) is 30.4 Å². The molecular weight excluding hydrogens is 900 g/mol. The summed E-state index contributed by atoms with van der Waals surface area (Å²) in [4.78, 5) is 52.9. The molecule has 1 saturated heterocycles. The van der Waals surface area contributed by atoms with Crippen molar-refractivity contribution in [1.82, 2.24) is 10.4 Å². The van der Waals surface area contributed by atoms with Gasteiger partial charge in [-0.25, -0.2) is 4.79 Å². The molecule has 2 aromatic carbocycles. The van der Waals surface area contributed by atoms with Crippen molar-refractivity contribution < 1.29 is 33.9 Å². The Hall–Kier alpha value is -0.960. The van der Waals surface area contributed by atoms with E-state index >= 15 is 0 Å². The first-order valence-electron chi connectivity index (χ1n) is 9.64. The molecule has 1 unspecified atom stereocenters. The molecule has 2 aromatic rings. The van der Waals surface area contributed by atoms with Gasteiger partial charge in [-0.2, -0.15) is 0 Å². The van der Waals surface area contributed by atoms with Crippen molar-refractivity contribution in [3.8, 4) is 17.2 Å². The molecule has 180 valence electrons. The monoisotopic (exact) mass is 916 g/mol. The lowest BCUT2D eigenvalue weighted by atomic mass is 10.1. The summed E-state index contributed by atoms with van der Waals surface area (Å²) in [5, 5.41) is 12.9. The summed E-state index contributed by atoms with van der Waals surface area (Å²) in [7, 11) is 0. The second-order valence-corrected chi connectivity index (χ2v) is 11.8. The molecule has 0 spiro atoms. The summed E-state index contributed by atoms with van der Waals surface area (Å²) in [6.07, 6.45) is 0.0394. The summed E-state index contributed by atoms with van der Waals surface area (Å²) in [5.41, 5.74) is 0.714. The molecule has 34 heavy (non-hydrogen) atoms. The average molecular weight is 916 g/mol. The van der Waals surface area contributed by atoms with Gasteiger partial charge in [0, 0.05) is 26.2 Å². The van der Waals surface area contributed by atoms with Crippen LogP contribution >= 0.6 is 90.4 Å². The van der Waals surface area contributed by atoms with Crippen molar-refractivity contribution in [2.45, 2.75) is 32.2 Å². The third-order valence-corrected chi connectivity index (χ3v) is 7.80. The number of carbonyl (C=O) groups excluding carboxylic acids is 4. The van der Waals surface area contributed by atoms with Crippen LogP contribution < -0.4 is 10.1 Å². The van der Waals surface area contributed by atoms with Crippen molar-refractivity contribution in [3.63, 3.8) is 0 Å². The second kappa shape index (κ2) is 11.8. The maximum Gasteiger partial charge on any atom is 0.355 e. The van der Waals surface area contributed by atoms with Crippen LogP contribution in [0.1, 0.15) is 25.3 Å². The smallest absolute Gasteiger partial charge is 0.355 e. The first-order valence-corrected chi connectivity index (χ1v) is 14.0. The van der Waals surface area contributed by atoms with Gasteiger partial charge in [0.1, 0.15) is 17.5 Å². The molecule has 0 aliphatic carbocycles. The third-order valence-electron chi connectivity index (χ3n) is 4.56. The summed E-state index contributed by atoms with van der Waals surface area (Å²) < 4.78 is 8.91. The molecule has 9 nitrogen and oxygen atoms in total. The van der Waals surface area contributed by atoms with Crippen molar-refractivity contribution in [3.05, 3.63) is 44.1 Å². The maximum absolute atomic E-state index is 12.7. The SMILES string of the molecule is CC(=O)NC(Cc1cc(I)c(Oc2cc(I)c(O)c(I)c2)c(I)c1)C(=O)ON1C(=O)CCC1=O. The first-order chi connectivity index (χ1) is 16.0. The predicted octanol–water partition coefficient (Wildman–Crippen LogP) is 4.26. The zero-order valence-electron chi connectivity index (χ0n) is 17.4. The summed E-state index contributed by atoms with van der Waals surface area (Å²) in [5.74, 6) is -1.18. The number of carbonyl (C=O) groups is 4. The summed E-state index contributed by atoms with van der Waals surface area (Å²) in [6, 6.07) is 5.96. The molecule has 13 heteroatoms. The highest BCUT2D eigenvalue weighted by Gasteiger charge is 2.35. The van der Waals surface area contributed by atoms with Gasteiger partial charge in [0.25, 0.3) is 11.8 Å². The van der Waals surface area contributed by atoms with Gasteiger partial charge in [0.2, 0.25) is 5.91 Å². The zero-order valence-corrected chi connectivity index (χ0v) is 26.0. The van der Waals surface area contributed by atoms with Gasteiger partial charge in [-0.15, -0.1) is 5.06 Å². The van der Waals surface area contributed by atoms with Crippen molar-refractivity contribution in [1.29, 1.82) is 0 Å². The molecule has 1 fully saturated rings. The minimum Gasteiger partial charge on any atom is -0.506 e. The van der Waals surface area contributed by atoms with Crippen LogP contribution in [0.25, 0.3) is 0 Å². The van der Waals surface area contributed by atoms with Crippen molar-refractivity contribution >= 4 is 114 Å². The number of nitrogens with one attached hydrogen (secondary N) is 1. The lowest BCUT2D eigenvalue weighted by Gasteiger charge is -2.20. The van der Waals surface area contributed by atoms with E-state index in [1.54, 1.807) is 12.1 Å². The highest BCUT2D eigenvalue weighted by molar-refractivity contribution is 14.1. The largest absolute Gasteiger partial charge is 0.506 e. The van der Waals surface area contributed by atoms with Gasteiger partial charge in [-0.3, -0.25) is 14.4 Å². The Morgan fingerprint density at radius 3 is 2.03 bits per heavy atom. The van der Waals surface area contributed by atoms with Crippen LogP contribution in [0.15, 0.2) is 24.3 Å². The number of aromatic hydroxyl groups is 1. The van der Waals surface area contributed by atoms with E-state index in [2.05, 4.69) is 50.5 Å². The lowest BCUT2D eigenvalue weighted by Crippen LogP contribution is -2.45. The molecule has 1 heterocycles. The number of ether oxygens (including phenoxy) is 1. The molecule has 0 aromatic heterocycles. The molecule has 0 saturated carbocycles. The number of phenols is 1. The summed E-state index contributed by atoms with van der Waals surface area (Å²) in [6.45, 7) is 1.26. The normalized spacial score (nSPS) is 14.2. The Morgan fingerprint density at radius 2 is 1.53 bits per heavy atom. The number of hydrogen-bond donors (Lipinski definition) is 2. The summed E-state index contributed by atoms with van der Waals surface area (Å²) >= 11 is 8.28. The Morgan fingerprint density at radius 1 is 1.00 bits per heavy atom. The molecular formula is C21H16I4N2O7. The number of halogens is 4. The number of benzene rings is 2. The van der Waals surface area contributed by atoms with E-state index in [4.69, 9.17) is 9.57 Å². The van der Waals surface area contributed by atoms with Crippen LogP contribution in [0, 0.1) is 14.3 Å². The van der Waals surface area contributed by atoms with Gasteiger partial charge in [0.05, 0.1) is 14.3 Å². The fraction of sp³-hybridized carbons (Fsp3) is 0.238. The molecule has 0 bridgehead atoms. The zero-order chi connectivity index (χ0) is 25.2. The van der Waals surface area contributed by atoms with Gasteiger partial charge in [-0.05, 0) is 120 Å². The number of hydrogen-bond acceptors (Lipinski definition) is 7. The van der Waals surface area contributed by atoms with E-state index in [0.717, 1.165) is 7.14 Å². The van der Waals surface area contributed by atoms with Crippen molar-refractivity contribution in [2.75, 3.05) is 0 Å². The Labute approximate surface area is 249 Å². The molecule has 2 N–H and O–H groups in total. The van der Waals surface area contributed by atoms with Gasteiger partial charge < -0.3 is 20.0 Å².